The molecule has 35 heavy (non-hydrogen) atoms. The van der Waals surface area contributed by atoms with Gasteiger partial charge >= 0.3 is 0 Å². The van der Waals surface area contributed by atoms with Crippen molar-refractivity contribution >= 4 is 0 Å². The summed E-state index contributed by atoms with van der Waals surface area (Å²) in [4.78, 5) is 0. The fraction of sp³-hybridized carbons (Fsp3) is 0.429. The lowest BCUT2D eigenvalue weighted by Gasteiger charge is -2.09. The van der Waals surface area contributed by atoms with E-state index in [1.807, 2.05) is 33.8 Å². The summed E-state index contributed by atoms with van der Waals surface area (Å²) in [6.07, 6.45) is 9.25. The Morgan fingerprint density at radius 3 is 1.97 bits per heavy atom. The molecule has 0 saturated heterocycles. The molecule has 0 bridgehead atoms. The standard InChI is InChI=1S/C18H20.C13H18.2C2H6/c1-3-14-4-11-18(13(2)12-14)17-9-7-16(8-10-17)15-5-6-15;1-4-6-12-9-8-11(3)10-13(12)7-5-2;2*1-2/h4,7-12,15H,3,5-6H2,1-2H3;5,8-10H,2,4,6-7H2,1,3H3;2*1-2H3. The van der Waals surface area contributed by atoms with E-state index in [4.69, 9.17) is 0 Å². The minimum absolute atomic E-state index is 0.850. The molecule has 0 nitrogen and oxygen atoms in total. The van der Waals surface area contributed by atoms with Gasteiger partial charge in [-0.15, -0.1) is 6.58 Å². The first-order valence-electron chi connectivity index (χ1n) is 13.9. The molecule has 0 atom stereocenters. The Morgan fingerprint density at radius 1 is 0.800 bits per heavy atom. The summed E-state index contributed by atoms with van der Waals surface area (Å²) >= 11 is 0. The van der Waals surface area contributed by atoms with Crippen LogP contribution in [-0.2, 0) is 19.3 Å². The van der Waals surface area contributed by atoms with Crippen LogP contribution < -0.4 is 0 Å². The Morgan fingerprint density at radius 2 is 1.46 bits per heavy atom. The number of benzene rings is 3. The van der Waals surface area contributed by atoms with Crippen LogP contribution in [-0.4, -0.2) is 0 Å². The molecule has 0 unspecified atom stereocenters. The van der Waals surface area contributed by atoms with Crippen LogP contribution >= 0.6 is 0 Å². The Kier molecular flexibility index (Phi) is 14.7. The fourth-order valence-electron chi connectivity index (χ4n) is 4.23. The molecule has 0 aliphatic heterocycles. The van der Waals surface area contributed by atoms with Crippen molar-refractivity contribution in [3.8, 4) is 11.1 Å². The van der Waals surface area contributed by atoms with E-state index < -0.39 is 0 Å². The van der Waals surface area contributed by atoms with E-state index in [1.165, 1.54) is 70.2 Å². The minimum atomic E-state index is 0.850. The molecule has 4 rings (SSSR count). The zero-order valence-electron chi connectivity index (χ0n) is 23.9. The molecule has 0 spiro atoms. The molecule has 190 valence electrons. The van der Waals surface area contributed by atoms with E-state index in [1.54, 1.807) is 0 Å². The zero-order valence-corrected chi connectivity index (χ0v) is 23.9. The molecule has 1 fully saturated rings. The van der Waals surface area contributed by atoms with Gasteiger partial charge in [0.1, 0.15) is 0 Å². The van der Waals surface area contributed by atoms with Gasteiger partial charge in [-0.3, -0.25) is 0 Å². The van der Waals surface area contributed by atoms with Crippen LogP contribution in [0.25, 0.3) is 11.1 Å². The first kappa shape index (κ1) is 30.4. The van der Waals surface area contributed by atoms with Crippen molar-refractivity contribution in [1.29, 1.82) is 0 Å². The highest BCUT2D eigenvalue weighted by Crippen LogP contribution is 2.40. The molecule has 1 aliphatic carbocycles. The maximum absolute atomic E-state index is 3.79. The second kappa shape index (κ2) is 16.9. The highest BCUT2D eigenvalue weighted by Gasteiger charge is 2.23. The van der Waals surface area contributed by atoms with Gasteiger partial charge < -0.3 is 0 Å². The second-order valence-corrected chi connectivity index (χ2v) is 8.91. The van der Waals surface area contributed by atoms with Gasteiger partial charge in [-0.1, -0.05) is 120 Å². The molecule has 0 heterocycles. The van der Waals surface area contributed by atoms with Gasteiger partial charge in [0.15, 0.2) is 0 Å². The lowest BCUT2D eigenvalue weighted by atomic mass is 9.96. The molecule has 0 N–H and O–H groups in total. The lowest BCUT2D eigenvalue weighted by molar-refractivity contribution is 0.905. The van der Waals surface area contributed by atoms with Crippen molar-refractivity contribution in [3.05, 3.63) is 107 Å². The van der Waals surface area contributed by atoms with Gasteiger partial charge in [-0.25, -0.2) is 0 Å². The number of allylic oxidation sites excluding steroid dienone is 1. The summed E-state index contributed by atoms with van der Waals surface area (Å²) < 4.78 is 0. The van der Waals surface area contributed by atoms with Crippen LogP contribution in [0.3, 0.4) is 0 Å². The van der Waals surface area contributed by atoms with Crippen molar-refractivity contribution in [2.45, 2.75) is 99.8 Å². The van der Waals surface area contributed by atoms with Crippen molar-refractivity contribution in [1.82, 2.24) is 0 Å². The van der Waals surface area contributed by atoms with E-state index >= 15 is 0 Å². The summed E-state index contributed by atoms with van der Waals surface area (Å²) in [6.45, 7) is 20.6. The normalized spacial score (nSPS) is 11.7. The van der Waals surface area contributed by atoms with Crippen LogP contribution in [0.4, 0.5) is 0 Å². The Bertz CT molecular complexity index is 987. The van der Waals surface area contributed by atoms with Crippen LogP contribution in [0.15, 0.2) is 73.3 Å². The third-order valence-electron chi connectivity index (χ3n) is 6.21. The van der Waals surface area contributed by atoms with E-state index in [9.17, 15) is 0 Å². The molecule has 0 radical (unpaired) electrons. The van der Waals surface area contributed by atoms with Crippen molar-refractivity contribution in [3.63, 3.8) is 0 Å². The summed E-state index contributed by atoms with van der Waals surface area (Å²) in [5.74, 6) is 0.850. The topological polar surface area (TPSA) is 0 Å². The predicted octanol–water partition coefficient (Wildman–Crippen LogP) is 10.8. The summed E-state index contributed by atoms with van der Waals surface area (Å²) in [6, 6.07) is 22.7. The molecule has 3 aromatic rings. The predicted molar refractivity (Wildman–Crippen MR) is 160 cm³/mol. The van der Waals surface area contributed by atoms with Gasteiger partial charge in [0.05, 0.1) is 0 Å². The fourth-order valence-corrected chi connectivity index (χ4v) is 4.23. The molecule has 3 aromatic carbocycles. The second-order valence-electron chi connectivity index (χ2n) is 8.91. The molecule has 0 heteroatoms. The average Bonchev–Trinajstić information content (AvgIpc) is 3.75. The van der Waals surface area contributed by atoms with Crippen molar-refractivity contribution in [2.24, 2.45) is 0 Å². The van der Waals surface area contributed by atoms with Gasteiger partial charge in [0.2, 0.25) is 0 Å². The summed E-state index contributed by atoms with van der Waals surface area (Å²) in [7, 11) is 0. The van der Waals surface area contributed by atoms with E-state index in [2.05, 4.69) is 94.9 Å². The Balaban J connectivity index is 0.000000320. The first-order valence-corrected chi connectivity index (χ1v) is 13.9. The third kappa shape index (κ3) is 9.88. The summed E-state index contributed by atoms with van der Waals surface area (Å²) in [5.41, 5.74) is 11.3. The van der Waals surface area contributed by atoms with Crippen LogP contribution in [0.2, 0.25) is 0 Å². The third-order valence-corrected chi connectivity index (χ3v) is 6.21. The molecular formula is C35H50. The molecule has 1 saturated carbocycles. The maximum atomic E-state index is 3.79. The lowest BCUT2D eigenvalue weighted by Crippen LogP contribution is -1.93. The quantitative estimate of drug-likeness (QED) is 0.301. The minimum Gasteiger partial charge on any atom is -0.103 e. The number of hydrogen-bond donors (Lipinski definition) is 0. The monoisotopic (exact) mass is 470 g/mol. The van der Waals surface area contributed by atoms with Crippen LogP contribution in [0, 0.1) is 13.8 Å². The first-order chi connectivity index (χ1) is 17.0. The summed E-state index contributed by atoms with van der Waals surface area (Å²) in [5, 5.41) is 0. The molecule has 0 aromatic heterocycles. The molecule has 1 aliphatic rings. The van der Waals surface area contributed by atoms with E-state index in [0.717, 1.165) is 18.8 Å². The zero-order chi connectivity index (χ0) is 26.2. The molecule has 0 amide bonds. The van der Waals surface area contributed by atoms with Gasteiger partial charge in [0, 0.05) is 0 Å². The Labute approximate surface area is 217 Å². The number of aryl methyl sites for hydroxylation is 4. The molecular weight excluding hydrogens is 420 g/mol. The van der Waals surface area contributed by atoms with Crippen LogP contribution in [0.1, 0.15) is 100 Å². The van der Waals surface area contributed by atoms with Crippen molar-refractivity contribution in [2.75, 3.05) is 0 Å². The van der Waals surface area contributed by atoms with Crippen molar-refractivity contribution < 1.29 is 0 Å². The van der Waals surface area contributed by atoms with Gasteiger partial charge in [0.25, 0.3) is 0 Å². The number of hydrogen-bond acceptors (Lipinski definition) is 0. The highest BCUT2D eigenvalue weighted by molar-refractivity contribution is 5.68. The van der Waals surface area contributed by atoms with Gasteiger partial charge in [-0.05, 0) is 90.8 Å². The maximum Gasteiger partial charge on any atom is -0.00973 e. The SMILES string of the molecule is C=CCc1cc(C)ccc1CCC.CC.CC.CCc1ccc(-c2ccc(C3CC3)cc2)c(C)c1. The highest BCUT2D eigenvalue weighted by atomic mass is 14.3. The van der Waals surface area contributed by atoms with Gasteiger partial charge in [-0.2, -0.15) is 0 Å². The van der Waals surface area contributed by atoms with E-state index in [-0.39, 0.29) is 0 Å². The Hall–Kier alpha value is -2.60. The smallest absolute Gasteiger partial charge is 0.00973 e. The van der Waals surface area contributed by atoms with E-state index in [0.29, 0.717) is 0 Å². The van der Waals surface area contributed by atoms with Crippen LogP contribution in [0.5, 0.6) is 0 Å². The number of rotatable bonds is 7. The average molecular weight is 471 g/mol. The largest absolute Gasteiger partial charge is 0.103 e.